The van der Waals surface area contributed by atoms with Crippen LogP contribution in [0.3, 0.4) is 0 Å². The standard InChI is InChI=1S/C17H13BrN2S/c1-12-16(18)21-17(19-12)20-15(13-8-4-2-5-9-13)14-10-6-3-7-11-14/h2-11H,1H3. The van der Waals surface area contributed by atoms with Crippen LogP contribution in [-0.4, -0.2) is 10.7 Å². The molecule has 0 saturated carbocycles. The van der Waals surface area contributed by atoms with E-state index < -0.39 is 0 Å². The van der Waals surface area contributed by atoms with Crippen LogP contribution in [0.25, 0.3) is 0 Å². The van der Waals surface area contributed by atoms with Crippen molar-refractivity contribution < 1.29 is 0 Å². The Bertz CT molecular complexity index is 703. The van der Waals surface area contributed by atoms with Crippen LogP contribution in [-0.2, 0) is 0 Å². The summed E-state index contributed by atoms with van der Waals surface area (Å²) in [4.78, 5) is 9.26. The number of aryl methyl sites for hydroxylation is 1. The molecule has 1 heterocycles. The zero-order valence-corrected chi connectivity index (χ0v) is 13.9. The Hall–Kier alpha value is -1.78. The molecule has 0 spiro atoms. The fraction of sp³-hybridized carbons (Fsp3) is 0.0588. The van der Waals surface area contributed by atoms with Gasteiger partial charge in [-0.15, -0.1) is 0 Å². The molecule has 0 radical (unpaired) electrons. The molecule has 0 N–H and O–H groups in total. The minimum absolute atomic E-state index is 0.766. The Labute approximate surface area is 136 Å². The number of nitrogens with zero attached hydrogens (tertiary/aromatic N) is 2. The number of aromatic nitrogens is 1. The molecular weight excluding hydrogens is 344 g/mol. The summed E-state index contributed by atoms with van der Waals surface area (Å²) in [5.41, 5.74) is 4.09. The van der Waals surface area contributed by atoms with Crippen molar-refractivity contribution in [3.8, 4) is 0 Å². The molecule has 0 saturated heterocycles. The van der Waals surface area contributed by atoms with E-state index in [9.17, 15) is 0 Å². The first-order valence-electron chi connectivity index (χ1n) is 6.56. The minimum atomic E-state index is 0.766. The van der Waals surface area contributed by atoms with Crippen molar-refractivity contribution in [2.24, 2.45) is 4.99 Å². The fourth-order valence-corrected chi connectivity index (χ4v) is 3.19. The Morgan fingerprint density at radius 2 is 1.48 bits per heavy atom. The fourth-order valence-electron chi connectivity index (χ4n) is 2.00. The number of aliphatic imine (C=N–C) groups is 1. The summed E-state index contributed by atoms with van der Waals surface area (Å²) in [6.45, 7) is 1.98. The number of hydrogen-bond acceptors (Lipinski definition) is 3. The number of benzene rings is 2. The van der Waals surface area contributed by atoms with Gasteiger partial charge in [0.2, 0.25) is 5.13 Å². The van der Waals surface area contributed by atoms with Crippen molar-refractivity contribution in [1.82, 2.24) is 4.98 Å². The van der Waals surface area contributed by atoms with Gasteiger partial charge in [0.25, 0.3) is 0 Å². The van der Waals surface area contributed by atoms with Gasteiger partial charge in [-0.3, -0.25) is 0 Å². The van der Waals surface area contributed by atoms with Crippen molar-refractivity contribution >= 4 is 38.1 Å². The highest BCUT2D eigenvalue weighted by atomic mass is 79.9. The van der Waals surface area contributed by atoms with E-state index in [1.807, 2.05) is 43.3 Å². The largest absolute Gasteiger partial charge is 0.222 e. The quantitative estimate of drug-likeness (QED) is 0.578. The van der Waals surface area contributed by atoms with Crippen LogP contribution in [0.4, 0.5) is 5.13 Å². The number of hydrogen-bond donors (Lipinski definition) is 0. The lowest BCUT2D eigenvalue weighted by molar-refractivity contribution is 1.23. The molecule has 21 heavy (non-hydrogen) atoms. The maximum atomic E-state index is 4.77. The van der Waals surface area contributed by atoms with Gasteiger partial charge in [0, 0.05) is 11.1 Å². The van der Waals surface area contributed by atoms with Gasteiger partial charge in [0.1, 0.15) is 0 Å². The highest BCUT2D eigenvalue weighted by molar-refractivity contribution is 9.11. The number of halogens is 1. The molecule has 0 atom stereocenters. The molecule has 2 aromatic carbocycles. The maximum Gasteiger partial charge on any atom is 0.211 e. The number of rotatable bonds is 3. The van der Waals surface area contributed by atoms with Crippen LogP contribution >= 0.6 is 27.3 Å². The van der Waals surface area contributed by atoms with Crippen molar-refractivity contribution in [3.05, 3.63) is 81.3 Å². The predicted molar refractivity (Wildman–Crippen MR) is 92.7 cm³/mol. The molecule has 104 valence electrons. The average molecular weight is 357 g/mol. The molecule has 0 bridgehead atoms. The summed E-state index contributed by atoms with van der Waals surface area (Å²) >= 11 is 5.06. The minimum Gasteiger partial charge on any atom is -0.222 e. The van der Waals surface area contributed by atoms with E-state index in [0.29, 0.717) is 0 Å². The molecule has 3 aromatic rings. The summed E-state index contributed by atoms with van der Waals surface area (Å²) in [6, 6.07) is 20.4. The van der Waals surface area contributed by atoms with Gasteiger partial charge in [-0.25, -0.2) is 9.98 Å². The second-order valence-electron chi connectivity index (χ2n) is 4.55. The van der Waals surface area contributed by atoms with Gasteiger partial charge in [-0.05, 0) is 22.9 Å². The highest BCUT2D eigenvalue weighted by Gasteiger charge is 2.09. The van der Waals surface area contributed by atoms with E-state index in [2.05, 4.69) is 45.2 Å². The van der Waals surface area contributed by atoms with Gasteiger partial charge < -0.3 is 0 Å². The van der Waals surface area contributed by atoms with Gasteiger partial charge in [0.15, 0.2) is 0 Å². The van der Waals surface area contributed by atoms with Gasteiger partial charge in [0.05, 0.1) is 15.2 Å². The van der Waals surface area contributed by atoms with E-state index in [1.165, 1.54) is 0 Å². The highest BCUT2D eigenvalue weighted by Crippen LogP contribution is 2.30. The molecule has 0 aliphatic heterocycles. The SMILES string of the molecule is Cc1nc(N=C(c2ccccc2)c2ccccc2)sc1Br. The summed E-state index contributed by atoms with van der Waals surface area (Å²) in [5, 5.41) is 0.766. The Balaban J connectivity index is 2.13. The van der Waals surface area contributed by atoms with E-state index >= 15 is 0 Å². The molecule has 0 aliphatic rings. The summed E-state index contributed by atoms with van der Waals surface area (Å²) in [7, 11) is 0. The predicted octanol–water partition coefficient (Wildman–Crippen LogP) is 5.38. The molecule has 0 unspecified atom stereocenters. The molecule has 1 aromatic heterocycles. The lowest BCUT2D eigenvalue weighted by Gasteiger charge is -2.06. The van der Waals surface area contributed by atoms with Gasteiger partial charge in [-0.2, -0.15) is 0 Å². The van der Waals surface area contributed by atoms with Crippen LogP contribution in [0, 0.1) is 6.92 Å². The summed E-state index contributed by atoms with van der Waals surface area (Å²) < 4.78 is 1.03. The molecule has 3 rings (SSSR count). The van der Waals surface area contributed by atoms with Crippen LogP contribution in [0.1, 0.15) is 16.8 Å². The second-order valence-corrected chi connectivity index (χ2v) is 6.84. The van der Waals surface area contributed by atoms with E-state index in [4.69, 9.17) is 4.99 Å². The van der Waals surface area contributed by atoms with E-state index in [-0.39, 0.29) is 0 Å². The first-order chi connectivity index (χ1) is 10.2. The van der Waals surface area contributed by atoms with Crippen LogP contribution in [0.5, 0.6) is 0 Å². The van der Waals surface area contributed by atoms with Crippen LogP contribution < -0.4 is 0 Å². The van der Waals surface area contributed by atoms with Gasteiger partial charge >= 0.3 is 0 Å². The van der Waals surface area contributed by atoms with Crippen molar-refractivity contribution in [2.45, 2.75) is 6.92 Å². The monoisotopic (exact) mass is 356 g/mol. The third kappa shape index (κ3) is 3.28. The van der Waals surface area contributed by atoms with Crippen molar-refractivity contribution in [1.29, 1.82) is 0 Å². The Morgan fingerprint density at radius 1 is 0.952 bits per heavy atom. The first kappa shape index (κ1) is 14.2. The third-order valence-corrected chi connectivity index (χ3v) is 4.93. The van der Waals surface area contributed by atoms with Crippen LogP contribution in [0.2, 0.25) is 0 Å². The molecule has 0 fully saturated rings. The second kappa shape index (κ2) is 6.33. The molecule has 0 aliphatic carbocycles. The maximum absolute atomic E-state index is 4.77. The Kier molecular flexibility index (Phi) is 4.27. The summed E-state index contributed by atoms with van der Waals surface area (Å²) in [6.07, 6.45) is 0. The number of thiazole rings is 1. The third-order valence-electron chi connectivity index (χ3n) is 3.03. The van der Waals surface area contributed by atoms with E-state index in [1.54, 1.807) is 11.3 Å². The first-order valence-corrected chi connectivity index (χ1v) is 8.17. The molecule has 4 heteroatoms. The van der Waals surface area contributed by atoms with Crippen molar-refractivity contribution in [3.63, 3.8) is 0 Å². The topological polar surface area (TPSA) is 25.2 Å². The average Bonchev–Trinajstić information content (AvgIpc) is 2.85. The molecular formula is C17H13BrN2S. The van der Waals surface area contributed by atoms with E-state index in [0.717, 1.165) is 31.5 Å². The summed E-state index contributed by atoms with van der Waals surface area (Å²) in [5.74, 6) is 0. The molecule has 2 nitrogen and oxygen atoms in total. The lowest BCUT2D eigenvalue weighted by Crippen LogP contribution is -2.02. The van der Waals surface area contributed by atoms with Crippen LogP contribution in [0.15, 0.2) is 69.4 Å². The normalized spacial score (nSPS) is 10.4. The smallest absolute Gasteiger partial charge is 0.211 e. The Morgan fingerprint density at radius 3 is 1.90 bits per heavy atom. The zero-order valence-electron chi connectivity index (χ0n) is 11.5. The lowest BCUT2D eigenvalue weighted by atomic mass is 10.0. The molecule has 0 amide bonds. The zero-order chi connectivity index (χ0) is 14.7. The van der Waals surface area contributed by atoms with Gasteiger partial charge in [-0.1, -0.05) is 72.0 Å². The van der Waals surface area contributed by atoms with Crippen molar-refractivity contribution in [2.75, 3.05) is 0 Å².